The SMILES string of the molecule is CCCN(CCC)Cc1c(CN)cnn1C. The fraction of sp³-hybridized carbons (Fsp3) is 0.750. The molecule has 1 aromatic rings. The molecule has 0 aromatic carbocycles. The van der Waals surface area contributed by atoms with Crippen molar-refractivity contribution in [2.75, 3.05) is 13.1 Å². The van der Waals surface area contributed by atoms with Crippen LogP contribution >= 0.6 is 0 Å². The molecular formula is C12H24N4. The maximum Gasteiger partial charge on any atom is 0.0565 e. The number of rotatable bonds is 7. The lowest BCUT2D eigenvalue weighted by molar-refractivity contribution is 0.259. The molecule has 0 saturated carbocycles. The average Bonchev–Trinajstić information content (AvgIpc) is 2.61. The van der Waals surface area contributed by atoms with Gasteiger partial charge in [0.15, 0.2) is 0 Å². The largest absolute Gasteiger partial charge is 0.326 e. The lowest BCUT2D eigenvalue weighted by Crippen LogP contribution is -2.26. The van der Waals surface area contributed by atoms with Gasteiger partial charge in [-0.25, -0.2) is 0 Å². The van der Waals surface area contributed by atoms with Crippen LogP contribution in [-0.4, -0.2) is 27.8 Å². The lowest BCUT2D eigenvalue weighted by Gasteiger charge is -2.21. The minimum Gasteiger partial charge on any atom is -0.326 e. The number of hydrogen-bond donors (Lipinski definition) is 1. The summed E-state index contributed by atoms with van der Waals surface area (Å²) in [6, 6.07) is 0. The van der Waals surface area contributed by atoms with Crippen molar-refractivity contribution >= 4 is 0 Å². The number of hydrogen-bond acceptors (Lipinski definition) is 3. The van der Waals surface area contributed by atoms with Crippen LogP contribution in [0.5, 0.6) is 0 Å². The summed E-state index contributed by atoms with van der Waals surface area (Å²) < 4.78 is 1.94. The highest BCUT2D eigenvalue weighted by molar-refractivity contribution is 5.17. The van der Waals surface area contributed by atoms with E-state index in [1.165, 1.54) is 24.1 Å². The molecule has 1 aromatic heterocycles. The zero-order chi connectivity index (χ0) is 12.0. The van der Waals surface area contributed by atoms with Gasteiger partial charge in [-0.15, -0.1) is 0 Å². The molecule has 0 aliphatic heterocycles. The maximum atomic E-state index is 5.72. The van der Waals surface area contributed by atoms with Crippen molar-refractivity contribution in [1.29, 1.82) is 0 Å². The summed E-state index contributed by atoms with van der Waals surface area (Å²) in [7, 11) is 1.99. The van der Waals surface area contributed by atoms with Crippen molar-refractivity contribution in [3.8, 4) is 0 Å². The van der Waals surface area contributed by atoms with Crippen LogP contribution in [0.4, 0.5) is 0 Å². The van der Waals surface area contributed by atoms with Crippen LogP contribution < -0.4 is 5.73 Å². The first-order chi connectivity index (χ1) is 7.72. The van der Waals surface area contributed by atoms with Crippen molar-refractivity contribution in [1.82, 2.24) is 14.7 Å². The lowest BCUT2D eigenvalue weighted by atomic mass is 10.2. The molecule has 4 nitrogen and oxygen atoms in total. The van der Waals surface area contributed by atoms with Crippen molar-refractivity contribution in [3.63, 3.8) is 0 Å². The number of aromatic nitrogens is 2. The predicted octanol–water partition coefficient (Wildman–Crippen LogP) is 1.50. The third-order valence-electron chi connectivity index (χ3n) is 2.82. The molecule has 1 rings (SSSR count). The van der Waals surface area contributed by atoms with Gasteiger partial charge >= 0.3 is 0 Å². The van der Waals surface area contributed by atoms with Gasteiger partial charge in [-0.3, -0.25) is 9.58 Å². The topological polar surface area (TPSA) is 47.1 Å². The molecule has 92 valence electrons. The van der Waals surface area contributed by atoms with Gasteiger partial charge < -0.3 is 5.73 Å². The van der Waals surface area contributed by atoms with Crippen LogP contribution in [0.1, 0.15) is 37.9 Å². The summed E-state index contributed by atoms with van der Waals surface area (Å²) in [5.41, 5.74) is 8.14. The fourth-order valence-corrected chi connectivity index (χ4v) is 2.00. The van der Waals surface area contributed by atoms with E-state index in [1.807, 2.05) is 17.9 Å². The molecule has 0 saturated heterocycles. The molecule has 0 unspecified atom stereocenters. The highest BCUT2D eigenvalue weighted by atomic mass is 15.3. The Hall–Kier alpha value is -0.870. The number of nitrogens with two attached hydrogens (primary N) is 1. The third-order valence-corrected chi connectivity index (χ3v) is 2.82. The predicted molar refractivity (Wildman–Crippen MR) is 67.0 cm³/mol. The van der Waals surface area contributed by atoms with E-state index in [2.05, 4.69) is 23.8 Å². The second kappa shape index (κ2) is 6.66. The van der Waals surface area contributed by atoms with Gasteiger partial charge in [-0.1, -0.05) is 13.8 Å². The Bertz CT molecular complexity index is 300. The highest BCUT2D eigenvalue weighted by Gasteiger charge is 2.11. The normalized spacial score (nSPS) is 11.3. The standard InChI is InChI=1S/C12H24N4/c1-4-6-16(7-5-2)10-12-11(8-13)9-14-15(12)3/h9H,4-8,10,13H2,1-3H3. The van der Waals surface area contributed by atoms with Crippen LogP contribution in [0.3, 0.4) is 0 Å². The molecule has 0 amide bonds. The van der Waals surface area contributed by atoms with E-state index in [1.54, 1.807) is 0 Å². The van der Waals surface area contributed by atoms with Crippen molar-refractivity contribution in [3.05, 3.63) is 17.5 Å². The van der Waals surface area contributed by atoms with E-state index < -0.39 is 0 Å². The average molecular weight is 224 g/mol. The minimum atomic E-state index is 0.579. The Balaban J connectivity index is 2.71. The smallest absolute Gasteiger partial charge is 0.0565 e. The third kappa shape index (κ3) is 3.32. The van der Waals surface area contributed by atoms with E-state index in [9.17, 15) is 0 Å². The second-order valence-corrected chi connectivity index (χ2v) is 4.22. The molecule has 0 radical (unpaired) electrons. The Morgan fingerprint density at radius 1 is 1.31 bits per heavy atom. The summed E-state index contributed by atoms with van der Waals surface area (Å²) in [5, 5.41) is 4.27. The van der Waals surface area contributed by atoms with Gasteiger partial charge in [0.2, 0.25) is 0 Å². The minimum absolute atomic E-state index is 0.579. The first kappa shape index (κ1) is 13.2. The first-order valence-corrected chi connectivity index (χ1v) is 6.15. The highest BCUT2D eigenvalue weighted by Crippen LogP contribution is 2.10. The van der Waals surface area contributed by atoms with E-state index in [0.29, 0.717) is 6.54 Å². The summed E-state index contributed by atoms with van der Waals surface area (Å²) in [6.07, 6.45) is 4.26. The quantitative estimate of drug-likeness (QED) is 0.763. The van der Waals surface area contributed by atoms with Crippen LogP contribution in [-0.2, 0) is 20.1 Å². The van der Waals surface area contributed by atoms with E-state index in [0.717, 1.165) is 19.6 Å². The molecule has 0 aliphatic rings. The summed E-state index contributed by atoms with van der Waals surface area (Å²) in [5.74, 6) is 0. The van der Waals surface area contributed by atoms with E-state index in [-0.39, 0.29) is 0 Å². The first-order valence-electron chi connectivity index (χ1n) is 6.15. The number of aryl methyl sites for hydroxylation is 1. The molecule has 0 fully saturated rings. The molecule has 2 N–H and O–H groups in total. The van der Waals surface area contributed by atoms with Crippen molar-refractivity contribution < 1.29 is 0 Å². The zero-order valence-electron chi connectivity index (χ0n) is 10.7. The maximum absolute atomic E-state index is 5.72. The molecule has 0 spiro atoms. The van der Waals surface area contributed by atoms with Crippen LogP contribution in [0, 0.1) is 0 Å². The van der Waals surface area contributed by atoms with Crippen LogP contribution in [0.15, 0.2) is 6.20 Å². The molecule has 0 aliphatic carbocycles. The molecule has 0 bridgehead atoms. The summed E-state index contributed by atoms with van der Waals surface area (Å²) in [4.78, 5) is 2.47. The summed E-state index contributed by atoms with van der Waals surface area (Å²) >= 11 is 0. The second-order valence-electron chi connectivity index (χ2n) is 4.22. The van der Waals surface area contributed by atoms with Crippen LogP contribution in [0.2, 0.25) is 0 Å². The molecule has 16 heavy (non-hydrogen) atoms. The molecule has 4 heteroatoms. The van der Waals surface area contributed by atoms with E-state index in [4.69, 9.17) is 5.73 Å². The van der Waals surface area contributed by atoms with Gasteiger partial charge in [-0.2, -0.15) is 5.10 Å². The number of nitrogens with zero attached hydrogens (tertiary/aromatic N) is 3. The zero-order valence-corrected chi connectivity index (χ0v) is 10.7. The Kier molecular flexibility index (Phi) is 5.49. The Morgan fingerprint density at radius 3 is 2.44 bits per heavy atom. The van der Waals surface area contributed by atoms with Gasteiger partial charge in [0.25, 0.3) is 0 Å². The van der Waals surface area contributed by atoms with Crippen molar-refractivity contribution in [2.24, 2.45) is 12.8 Å². The van der Waals surface area contributed by atoms with Gasteiger partial charge in [0.05, 0.1) is 11.9 Å². The Morgan fingerprint density at radius 2 is 1.94 bits per heavy atom. The van der Waals surface area contributed by atoms with Crippen LogP contribution in [0.25, 0.3) is 0 Å². The van der Waals surface area contributed by atoms with Gasteiger partial charge in [0, 0.05) is 25.7 Å². The van der Waals surface area contributed by atoms with E-state index >= 15 is 0 Å². The fourth-order valence-electron chi connectivity index (χ4n) is 2.00. The van der Waals surface area contributed by atoms with Crippen molar-refractivity contribution in [2.45, 2.75) is 39.8 Å². The monoisotopic (exact) mass is 224 g/mol. The molecule has 1 heterocycles. The molecule has 0 atom stereocenters. The molecular weight excluding hydrogens is 200 g/mol. The van der Waals surface area contributed by atoms with Gasteiger partial charge in [0.1, 0.15) is 0 Å². The summed E-state index contributed by atoms with van der Waals surface area (Å²) in [6.45, 7) is 8.26. The van der Waals surface area contributed by atoms with Gasteiger partial charge in [-0.05, 0) is 25.9 Å². The Labute approximate surface area is 98.4 Å².